The number of aromatic nitrogens is 5. The van der Waals surface area contributed by atoms with E-state index in [1.165, 1.54) is 16.7 Å². The molecule has 0 atom stereocenters. The van der Waals surface area contributed by atoms with Gasteiger partial charge in [0.2, 0.25) is 0 Å². The molecule has 0 saturated carbocycles. The van der Waals surface area contributed by atoms with Crippen LogP contribution in [0.2, 0.25) is 5.15 Å². The zero-order valence-corrected chi connectivity index (χ0v) is 23.6. The Balaban J connectivity index is 1.26. The molecule has 0 radical (unpaired) electrons. The largest absolute Gasteiger partial charge is 0.457 e. The third-order valence-electron chi connectivity index (χ3n) is 7.70. The van der Waals surface area contributed by atoms with Crippen LogP contribution in [0.15, 0.2) is 104 Å². The lowest BCUT2D eigenvalue weighted by atomic mass is 9.96. The van der Waals surface area contributed by atoms with Gasteiger partial charge in [-0.25, -0.2) is 14.6 Å². The number of ether oxygens (including phenoxy) is 1. The van der Waals surface area contributed by atoms with Crippen molar-refractivity contribution >= 4 is 33.4 Å². The fraction of sp³-hybridized carbons (Fsp3) is 0.0882. The number of para-hydroxylation sites is 1. The summed E-state index contributed by atoms with van der Waals surface area (Å²) in [6.45, 7) is 6.42. The van der Waals surface area contributed by atoms with Crippen LogP contribution in [0.5, 0.6) is 11.5 Å². The molecule has 0 bridgehead atoms. The van der Waals surface area contributed by atoms with E-state index in [9.17, 15) is 0 Å². The van der Waals surface area contributed by atoms with E-state index >= 15 is 0 Å². The molecular weight excluding hydrogens is 530 g/mol. The van der Waals surface area contributed by atoms with Crippen molar-refractivity contribution in [3.05, 3.63) is 125 Å². The molecule has 0 saturated heterocycles. The van der Waals surface area contributed by atoms with Crippen molar-refractivity contribution in [3.8, 4) is 34.3 Å². The molecule has 6 nitrogen and oxygen atoms in total. The first-order valence-corrected chi connectivity index (χ1v) is 13.8. The van der Waals surface area contributed by atoms with E-state index in [1.54, 1.807) is 16.9 Å². The summed E-state index contributed by atoms with van der Waals surface area (Å²) in [5.41, 5.74) is 8.05. The van der Waals surface area contributed by atoms with Gasteiger partial charge in [0.25, 0.3) is 0 Å². The molecule has 4 aromatic heterocycles. The fourth-order valence-electron chi connectivity index (χ4n) is 5.38. The highest BCUT2D eigenvalue weighted by molar-refractivity contribution is 6.29. The smallest absolute Gasteiger partial charge is 0.158 e. The van der Waals surface area contributed by atoms with Gasteiger partial charge in [0.1, 0.15) is 22.5 Å². The Morgan fingerprint density at radius 2 is 1.56 bits per heavy atom. The summed E-state index contributed by atoms with van der Waals surface area (Å²) in [7, 11) is 0. The number of halogens is 1. The van der Waals surface area contributed by atoms with Crippen molar-refractivity contribution in [1.29, 1.82) is 0 Å². The molecule has 0 aliphatic rings. The zero-order valence-electron chi connectivity index (χ0n) is 22.8. The number of hydrogen-bond donors (Lipinski definition) is 0. The van der Waals surface area contributed by atoms with Gasteiger partial charge in [-0.15, -0.1) is 0 Å². The quantitative estimate of drug-likeness (QED) is 0.199. The van der Waals surface area contributed by atoms with Crippen LogP contribution in [0, 0.1) is 20.8 Å². The van der Waals surface area contributed by atoms with Crippen LogP contribution in [-0.2, 0) is 0 Å². The van der Waals surface area contributed by atoms with E-state index in [0.717, 1.165) is 38.8 Å². The van der Waals surface area contributed by atoms with Gasteiger partial charge in [-0.1, -0.05) is 48.0 Å². The molecule has 7 aromatic rings. The van der Waals surface area contributed by atoms with Crippen LogP contribution < -0.4 is 4.74 Å². The van der Waals surface area contributed by atoms with Crippen LogP contribution in [0.25, 0.3) is 44.6 Å². The lowest BCUT2D eigenvalue weighted by Crippen LogP contribution is -1.99. The van der Waals surface area contributed by atoms with Crippen LogP contribution >= 0.6 is 11.6 Å². The number of hydrogen-bond acceptors (Lipinski definition) is 4. The maximum absolute atomic E-state index is 6.46. The number of rotatable bonds is 5. The highest BCUT2D eigenvalue weighted by atomic mass is 35.5. The average Bonchev–Trinajstić information content (AvgIpc) is 3.59. The molecule has 200 valence electrons. The van der Waals surface area contributed by atoms with Gasteiger partial charge in [-0.2, -0.15) is 5.10 Å². The van der Waals surface area contributed by atoms with Crippen molar-refractivity contribution in [2.24, 2.45) is 0 Å². The lowest BCUT2D eigenvalue weighted by Gasteiger charge is -2.10. The normalized spacial score (nSPS) is 11.4. The third-order valence-corrected chi connectivity index (χ3v) is 7.89. The Morgan fingerprint density at radius 1 is 0.732 bits per heavy atom. The monoisotopic (exact) mass is 555 g/mol. The number of nitrogens with zero attached hydrogens (tertiary/aromatic N) is 5. The van der Waals surface area contributed by atoms with Gasteiger partial charge in [0, 0.05) is 46.9 Å². The van der Waals surface area contributed by atoms with Crippen molar-refractivity contribution in [1.82, 2.24) is 24.3 Å². The van der Waals surface area contributed by atoms with E-state index in [4.69, 9.17) is 16.3 Å². The second-order valence-electron chi connectivity index (χ2n) is 10.2. The molecular formula is C34H26ClN5O. The summed E-state index contributed by atoms with van der Waals surface area (Å²) >= 11 is 6.46. The van der Waals surface area contributed by atoms with Gasteiger partial charge in [-0.05, 0) is 73.4 Å². The molecule has 0 unspecified atom stereocenters. The number of pyridine rings is 2. The molecule has 4 heterocycles. The van der Waals surface area contributed by atoms with Gasteiger partial charge >= 0.3 is 0 Å². The van der Waals surface area contributed by atoms with E-state index in [2.05, 4.69) is 76.8 Å². The molecule has 0 aliphatic heterocycles. The maximum atomic E-state index is 6.46. The Kier molecular flexibility index (Phi) is 6.06. The van der Waals surface area contributed by atoms with E-state index in [1.807, 2.05) is 54.9 Å². The van der Waals surface area contributed by atoms with E-state index < -0.39 is 0 Å². The first kappa shape index (κ1) is 25.1. The van der Waals surface area contributed by atoms with Crippen molar-refractivity contribution in [2.45, 2.75) is 20.8 Å². The third kappa shape index (κ3) is 4.42. The predicted octanol–water partition coefficient (Wildman–Crippen LogP) is 8.80. The Bertz CT molecular complexity index is 2080. The van der Waals surface area contributed by atoms with Crippen LogP contribution in [0.1, 0.15) is 16.7 Å². The topological polar surface area (TPSA) is 57.8 Å². The molecule has 0 spiro atoms. The van der Waals surface area contributed by atoms with Crippen molar-refractivity contribution in [2.75, 3.05) is 0 Å². The van der Waals surface area contributed by atoms with Gasteiger partial charge in [-0.3, -0.25) is 4.57 Å². The zero-order chi connectivity index (χ0) is 28.1. The van der Waals surface area contributed by atoms with Crippen LogP contribution in [0.3, 0.4) is 0 Å². The van der Waals surface area contributed by atoms with Gasteiger partial charge in [0.15, 0.2) is 5.82 Å². The van der Waals surface area contributed by atoms with Crippen LogP contribution in [-0.4, -0.2) is 24.3 Å². The summed E-state index contributed by atoms with van der Waals surface area (Å²) in [6, 6.07) is 28.2. The van der Waals surface area contributed by atoms with Gasteiger partial charge < -0.3 is 4.74 Å². The summed E-state index contributed by atoms with van der Waals surface area (Å²) in [4.78, 5) is 9.13. The van der Waals surface area contributed by atoms with Crippen molar-refractivity contribution in [3.63, 3.8) is 0 Å². The average molecular weight is 556 g/mol. The minimum absolute atomic E-state index is 0.320. The number of aryl methyl sites for hydroxylation is 1. The second kappa shape index (κ2) is 9.91. The Hall–Kier alpha value is -4.94. The summed E-state index contributed by atoms with van der Waals surface area (Å²) in [6.07, 6.45) is 5.63. The van der Waals surface area contributed by atoms with Crippen molar-refractivity contribution < 1.29 is 4.74 Å². The standard InChI is InChI=1S/C34H26ClN5O/c1-21-11-13-27(23(3)22(21)2)24-19-37-39(20-24)34-18-26(17-32(35)38-34)41-25-12-14-29-28-8-4-5-9-30(28)40(31(29)16-25)33-10-6-7-15-36-33/h4-20H,1-3H3. The highest BCUT2D eigenvalue weighted by Gasteiger charge is 2.15. The predicted molar refractivity (Wildman–Crippen MR) is 165 cm³/mol. The lowest BCUT2D eigenvalue weighted by molar-refractivity contribution is 0.482. The first-order valence-electron chi connectivity index (χ1n) is 13.4. The highest BCUT2D eigenvalue weighted by Crippen LogP contribution is 2.35. The molecule has 0 N–H and O–H groups in total. The number of fused-ring (bicyclic) bond motifs is 3. The first-order chi connectivity index (χ1) is 20.0. The Morgan fingerprint density at radius 3 is 2.41 bits per heavy atom. The molecule has 0 aliphatic carbocycles. The second-order valence-corrected chi connectivity index (χ2v) is 10.5. The fourth-order valence-corrected chi connectivity index (χ4v) is 5.57. The Labute approximate surface area is 242 Å². The molecule has 3 aromatic carbocycles. The summed E-state index contributed by atoms with van der Waals surface area (Å²) < 4.78 is 10.2. The summed E-state index contributed by atoms with van der Waals surface area (Å²) in [5.74, 6) is 2.67. The van der Waals surface area contributed by atoms with Crippen LogP contribution in [0.4, 0.5) is 0 Å². The summed E-state index contributed by atoms with van der Waals surface area (Å²) in [5, 5.41) is 7.18. The van der Waals surface area contributed by atoms with E-state index in [0.29, 0.717) is 22.5 Å². The number of benzene rings is 3. The maximum Gasteiger partial charge on any atom is 0.158 e. The minimum atomic E-state index is 0.320. The van der Waals surface area contributed by atoms with Gasteiger partial charge in [0.05, 0.1) is 17.2 Å². The molecule has 7 heteroatoms. The molecule has 0 amide bonds. The SMILES string of the molecule is Cc1ccc(-c2cnn(-c3cc(Oc4ccc5c6ccccc6n(-c6ccccn6)c5c4)cc(Cl)n3)c2)c(C)c1C. The van der Waals surface area contributed by atoms with E-state index in [-0.39, 0.29) is 0 Å². The molecule has 41 heavy (non-hydrogen) atoms. The molecule has 0 fully saturated rings. The molecule has 7 rings (SSSR count). The minimum Gasteiger partial charge on any atom is -0.457 e.